The molecule has 0 unspecified atom stereocenters. The molecule has 0 atom stereocenters. The van der Waals surface area contributed by atoms with Crippen molar-refractivity contribution in [3.05, 3.63) is 35.3 Å². The van der Waals surface area contributed by atoms with Crippen molar-refractivity contribution in [1.82, 2.24) is 14.9 Å². The second kappa shape index (κ2) is 8.20. The van der Waals surface area contributed by atoms with Gasteiger partial charge in [0.05, 0.1) is 31.6 Å². The molecule has 0 radical (unpaired) electrons. The average molecular weight is 401 g/mol. The van der Waals surface area contributed by atoms with E-state index in [0.717, 1.165) is 24.2 Å². The van der Waals surface area contributed by atoms with Crippen molar-refractivity contribution in [2.24, 2.45) is 0 Å². The van der Waals surface area contributed by atoms with E-state index < -0.39 is 5.82 Å². The predicted molar refractivity (Wildman–Crippen MR) is 106 cm³/mol. The van der Waals surface area contributed by atoms with Crippen LogP contribution >= 0.6 is 0 Å². The first kappa shape index (κ1) is 19.4. The number of methoxy groups -OCH3 is 1. The standard InChI is InChI=1S/C20H24FN5O3/c1-12-11-22-20(25-18(12)23-13-3-4-13)24-16-10-15(21)14(9-17(16)28-2)19(27)26-5-7-29-8-6-26/h9-11,13H,3-8H2,1-2H3,(H2,22,23,24,25). The Morgan fingerprint density at radius 3 is 2.76 bits per heavy atom. The van der Waals surface area contributed by atoms with Gasteiger partial charge in [-0.25, -0.2) is 9.37 Å². The van der Waals surface area contributed by atoms with Crippen molar-refractivity contribution in [2.45, 2.75) is 25.8 Å². The molecule has 0 bridgehead atoms. The molecule has 2 fully saturated rings. The minimum atomic E-state index is -0.631. The second-order valence-electron chi connectivity index (χ2n) is 7.21. The number of carbonyl (C=O) groups excluding carboxylic acids is 1. The van der Waals surface area contributed by atoms with Gasteiger partial charge in [-0.05, 0) is 25.8 Å². The number of aromatic nitrogens is 2. The van der Waals surface area contributed by atoms with Crippen LogP contribution in [0.1, 0.15) is 28.8 Å². The number of rotatable bonds is 6. The number of halogens is 1. The Bertz CT molecular complexity index is 913. The minimum Gasteiger partial charge on any atom is -0.495 e. The summed E-state index contributed by atoms with van der Waals surface area (Å²) < 4.78 is 25.4. The van der Waals surface area contributed by atoms with Crippen LogP contribution in [0.5, 0.6) is 5.75 Å². The number of benzene rings is 1. The van der Waals surface area contributed by atoms with Gasteiger partial charge >= 0.3 is 0 Å². The third-order valence-electron chi connectivity index (χ3n) is 4.95. The second-order valence-corrected chi connectivity index (χ2v) is 7.21. The lowest BCUT2D eigenvalue weighted by molar-refractivity contribution is 0.0299. The zero-order valence-corrected chi connectivity index (χ0v) is 16.5. The third-order valence-corrected chi connectivity index (χ3v) is 4.95. The zero-order chi connectivity index (χ0) is 20.4. The van der Waals surface area contributed by atoms with Crippen LogP contribution in [0.25, 0.3) is 0 Å². The number of hydrogen-bond acceptors (Lipinski definition) is 7. The van der Waals surface area contributed by atoms with E-state index >= 15 is 0 Å². The number of morpholine rings is 1. The lowest BCUT2D eigenvalue weighted by Gasteiger charge is -2.27. The largest absolute Gasteiger partial charge is 0.495 e. The molecule has 154 valence electrons. The zero-order valence-electron chi connectivity index (χ0n) is 16.5. The number of carbonyl (C=O) groups is 1. The molecule has 2 aliphatic rings. The number of nitrogens with one attached hydrogen (secondary N) is 2. The summed E-state index contributed by atoms with van der Waals surface area (Å²) in [4.78, 5) is 23.0. The molecule has 2 heterocycles. The third kappa shape index (κ3) is 4.40. The van der Waals surface area contributed by atoms with Gasteiger partial charge < -0.3 is 25.0 Å². The number of amides is 1. The summed E-state index contributed by atoms with van der Waals surface area (Å²) in [5.41, 5.74) is 1.26. The molecular formula is C20H24FN5O3. The fourth-order valence-electron chi connectivity index (χ4n) is 3.11. The van der Waals surface area contributed by atoms with E-state index in [-0.39, 0.29) is 11.5 Å². The highest BCUT2D eigenvalue weighted by Crippen LogP contribution is 2.31. The molecule has 29 heavy (non-hydrogen) atoms. The van der Waals surface area contributed by atoms with E-state index in [0.29, 0.717) is 49.7 Å². The summed E-state index contributed by atoms with van der Waals surface area (Å²) in [7, 11) is 1.47. The summed E-state index contributed by atoms with van der Waals surface area (Å²) in [5, 5.41) is 6.35. The molecule has 1 saturated heterocycles. The summed E-state index contributed by atoms with van der Waals surface area (Å²) in [6.45, 7) is 3.71. The van der Waals surface area contributed by atoms with Crippen molar-refractivity contribution in [3.63, 3.8) is 0 Å². The Balaban J connectivity index is 1.57. The molecule has 2 N–H and O–H groups in total. The molecule has 1 amide bonds. The number of hydrogen-bond donors (Lipinski definition) is 2. The van der Waals surface area contributed by atoms with Gasteiger partial charge in [-0.15, -0.1) is 0 Å². The molecule has 1 aliphatic carbocycles. The lowest BCUT2D eigenvalue weighted by atomic mass is 10.1. The maximum absolute atomic E-state index is 14.8. The van der Waals surface area contributed by atoms with E-state index in [1.54, 1.807) is 11.1 Å². The molecule has 2 aromatic rings. The van der Waals surface area contributed by atoms with Gasteiger partial charge in [0.1, 0.15) is 17.4 Å². The first-order valence-electron chi connectivity index (χ1n) is 9.67. The Kier molecular flexibility index (Phi) is 5.48. The fraction of sp³-hybridized carbons (Fsp3) is 0.450. The number of anilines is 3. The SMILES string of the molecule is COc1cc(C(=O)N2CCOCC2)c(F)cc1Nc1ncc(C)c(NC2CC2)n1. The predicted octanol–water partition coefficient (Wildman–Crippen LogP) is 2.72. The van der Waals surface area contributed by atoms with Gasteiger partial charge in [0.2, 0.25) is 5.95 Å². The Morgan fingerprint density at radius 1 is 1.31 bits per heavy atom. The van der Waals surface area contributed by atoms with E-state index in [1.165, 1.54) is 19.2 Å². The van der Waals surface area contributed by atoms with Crippen LogP contribution in [0.4, 0.5) is 21.8 Å². The van der Waals surface area contributed by atoms with Gasteiger partial charge in [0, 0.05) is 37.0 Å². The molecular weight excluding hydrogens is 377 g/mol. The fourth-order valence-corrected chi connectivity index (χ4v) is 3.11. The normalized spacial score (nSPS) is 16.4. The molecule has 4 rings (SSSR count). The maximum atomic E-state index is 14.8. The van der Waals surface area contributed by atoms with Crippen molar-refractivity contribution in [1.29, 1.82) is 0 Å². The summed E-state index contributed by atoms with van der Waals surface area (Å²) in [6.07, 6.45) is 3.97. The molecule has 1 aromatic carbocycles. The summed E-state index contributed by atoms with van der Waals surface area (Å²) in [5.74, 6) is 0.405. The molecule has 1 aliphatic heterocycles. The first-order chi connectivity index (χ1) is 14.0. The quantitative estimate of drug-likeness (QED) is 0.769. The van der Waals surface area contributed by atoms with Crippen molar-refractivity contribution in [3.8, 4) is 5.75 Å². The van der Waals surface area contributed by atoms with Crippen LogP contribution in [0.3, 0.4) is 0 Å². The molecule has 0 spiro atoms. The van der Waals surface area contributed by atoms with Crippen LogP contribution in [-0.2, 0) is 4.74 Å². The maximum Gasteiger partial charge on any atom is 0.257 e. The highest BCUT2D eigenvalue weighted by Gasteiger charge is 2.24. The van der Waals surface area contributed by atoms with Crippen LogP contribution in [0.15, 0.2) is 18.3 Å². The first-order valence-corrected chi connectivity index (χ1v) is 9.67. The molecule has 1 aromatic heterocycles. The number of ether oxygens (including phenoxy) is 2. The van der Waals surface area contributed by atoms with Crippen molar-refractivity contribution in [2.75, 3.05) is 44.0 Å². The Hall–Kier alpha value is -2.94. The highest BCUT2D eigenvalue weighted by atomic mass is 19.1. The Morgan fingerprint density at radius 2 is 2.07 bits per heavy atom. The van der Waals surface area contributed by atoms with E-state index in [4.69, 9.17) is 9.47 Å². The van der Waals surface area contributed by atoms with Crippen molar-refractivity contribution >= 4 is 23.4 Å². The van der Waals surface area contributed by atoms with Gasteiger partial charge in [0.15, 0.2) is 0 Å². The van der Waals surface area contributed by atoms with Gasteiger partial charge in [-0.2, -0.15) is 4.98 Å². The Labute approximate surface area is 168 Å². The summed E-state index contributed by atoms with van der Waals surface area (Å²) in [6, 6.07) is 3.10. The van der Waals surface area contributed by atoms with Gasteiger partial charge in [-0.3, -0.25) is 4.79 Å². The summed E-state index contributed by atoms with van der Waals surface area (Å²) >= 11 is 0. The number of nitrogens with zero attached hydrogens (tertiary/aromatic N) is 3. The number of aryl methyl sites for hydroxylation is 1. The molecule has 1 saturated carbocycles. The van der Waals surface area contributed by atoms with Gasteiger partial charge in [-0.1, -0.05) is 0 Å². The highest BCUT2D eigenvalue weighted by molar-refractivity contribution is 5.96. The topological polar surface area (TPSA) is 88.6 Å². The van der Waals surface area contributed by atoms with Crippen LogP contribution in [0, 0.1) is 12.7 Å². The minimum absolute atomic E-state index is 0.0322. The van der Waals surface area contributed by atoms with Crippen molar-refractivity contribution < 1.29 is 18.7 Å². The van der Waals surface area contributed by atoms with Crippen LogP contribution < -0.4 is 15.4 Å². The van der Waals surface area contributed by atoms with E-state index in [2.05, 4.69) is 20.6 Å². The smallest absolute Gasteiger partial charge is 0.257 e. The van der Waals surface area contributed by atoms with Crippen LogP contribution in [-0.4, -0.2) is 60.2 Å². The monoisotopic (exact) mass is 401 g/mol. The van der Waals surface area contributed by atoms with E-state index in [1.807, 2.05) is 6.92 Å². The molecule has 8 nitrogen and oxygen atoms in total. The van der Waals surface area contributed by atoms with Gasteiger partial charge in [0.25, 0.3) is 5.91 Å². The van der Waals surface area contributed by atoms with Crippen LogP contribution in [0.2, 0.25) is 0 Å². The average Bonchev–Trinajstić information content (AvgIpc) is 3.55. The molecule has 9 heteroatoms. The lowest BCUT2D eigenvalue weighted by Crippen LogP contribution is -2.41. The van der Waals surface area contributed by atoms with E-state index in [9.17, 15) is 9.18 Å².